The molecule has 0 aliphatic rings. The molecule has 2 heterocycles. The summed E-state index contributed by atoms with van der Waals surface area (Å²) in [5.74, 6) is 0. The summed E-state index contributed by atoms with van der Waals surface area (Å²) in [5, 5.41) is 8.92. The lowest BCUT2D eigenvalue weighted by Crippen LogP contribution is -2.68. The monoisotopic (exact) mass is 760 g/mol. The SMILES string of the molecule is C[n+]1ccc(Nc2ccc(S(=O)(=O)Nc3ccc(Nc4c5ccccc5[n+](C)c5cc(N)ccc45)cc3)cc2)cc1.[O-][Cl+3]([O-])([O-])[O-].[O-][Cl+3]([O-])([O-])[O-]. The van der Waals surface area contributed by atoms with Crippen molar-refractivity contribution < 1.29 is 75.3 Å². The number of anilines is 6. The van der Waals surface area contributed by atoms with Crippen LogP contribution in [0.15, 0.2) is 120 Å². The highest BCUT2D eigenvalue weighted by atomic mass is 35.7. The van der Waals surface area contributed by atoms with Gasteiger partial charge in [0.2, 0.25) is 11.0 Å². The number of aryl methyl sites for hydroxylation is 2. The molecule has 6 rings (SSSR count). The second kappa shape index (κ2) is 16.0. The van der Waals surface area contributed by atoms with Crippen molar-refractivity contribution in [3.8, 4) is 0 Å². The van der Waals surface area contributed by atoms with Crippen LogP contribution in [-0.4, -0.2) is 8.42 Å². The number of nitrogens with zero attached hydrogens (tertiary/aromatic N) is 2. The van der Waals surface area contributed by atoms with Gasteiger partial charge in [0.25, 0.3) is 10.0 Å². The highest BCUT2D eigenvalue weighted by molar-refractivity contribution is 7.92. The molecule has 19 heteroatoms. The van der Waals surface area contributed by atoms with Crippen LogP contribution in [0.4, 0.5) is 34.1 Å². The van der Waals surface area contributed by atoms with Gasteiger partial charge in [0.15, 0.2) is 12.4 Å². The number of nitrogen functional groups attached to an aromatic ring is 1. The number of nitrogens with one attached hydrogen (secondary N) is 3. The first-order chi connectivity index (χ1) is 23.8. The number of halogens is 2. The number of hydrogen-bond acceptors (Lipinski definition) is 13. The van der Waals surface area contributed by atoms with E-state index in [9.17, 15) is 8.42 Å². The van der Waals surface area contributed by atoms with Crippen LogP contribution < -0.4 is 67.5 Å². The molecule has 0 bridgehead atoms. The molecular formula is C32H30Cl2N6O10S. The third-order valence-corrected chi connectivity index (χ3v) is 8.42. The Bertz CT molecular complexity index is 2190. The first kappa shape index (κ1) is 38.9. The van der Waals surface area contributed by atoms with Crippen LogP contribution in [0.5, 0.6) is 0 Å². The lowest BCUT2D eigenvalue weighted by Gasteiger charge is -2.17. The van der Waals surface area contributed by atoms with E-state index in [0.29, 0.717) is 11.4 Å². The lowest BCUT2D eigenvalue weighted by molar-refractivity contribution is -2.00. The maximum atomic E-state index is 13.1. The molecule has 2 aromatic heterocycles. The van der Waals surface area contributed by atoms with Gasteiger partial charge in [-0.1, -0.05) is 12.1 Å². The minimum absolute atomic E-state index is 0.180. The van der Waals surface area contributed by atoms with Gasteiger partial charge >= 0.3 is 0 Å². The number of rotatable bonds is 7. The number of aromatic nitrogens is 2. The Kier molecular flexibility index (Phi) is 12.2. The smallest absolute Gasteiger partial charge is 0.261 e. The summed E-state index contributed by atoms with van der Waals surface area (Å²) in [4.78, 5) is 0.180. The van der Waals surface area contributed by atoms with Gasteiger partial charge in [0.1, 0.15) is 14.1 Å². The molecule has 0 aliphatic heterocycles. The Morgan fingerprint density at radius 3 is 1.65 bits per heavy atom. The molecular weight excluding hydrogens is 731 g/mol. The fraction of sp³-hybridized carbons (Fsp3) is 0.0625. The Hall–Kier alpha value is -4.89. The molecule has 0 atom stereocenters. The second-order valence-electron chi connectivity index (χ2n) is 10.7. The number of pyridine rings is 2. The van der Waals surface area contributed by atoms with Crippen molar-refractivity contribution in [2.45, 2.75) is 4.90 Å². The normalized spacial score (nSPS) is 11.6. The van der Waals surface area contributed by atoms with E-state index in [1.807, 2.05) is 85.7 Å². The molecule has 4 aromatic carbocycles. The summed E-state index contributed by atoms with van der Waals surface area (Å²) >= 11 is 0. The minimum atomic E-state index is -4.94. The van der Waals surface area contributed by atoms with E-state index in [-0.39, 0.29) is 4.90 Å². The van der Waals surface area contributed by atoms with Crippen molar-refractivity contribution in [3.63, 3.8) is 0 Å². The highest BCUT2D eigenvalue weighted by Gasteiger charge is 2.19. The first-order valence-corrected chi connectivity index (χ1v) is 18.3. The van der Waals surface area contributed by atoms with Crippen molar-refractivity contribution in [2.24, 2.45) is 14.1 Å². The quantitative estimate of drug-likeness (QED) is 0.0686. The van der Waals surface area contributed by atoms with E-state index in [4.69, 9.17) is 43.0 Å². The number of benzene rings is 4. The van der Waals surface area contributed by atoms with Crippen LogP contribution in [0.3, 0.4) is 0 Å². The van der Waals surface area contributed by atoms with Gasteiger partial charge in [-0.2, -0.15) is 4.57 Å². The van der Waals surface area contributed by atoms with Gasteiger partial charge in [0.05, 0.1) is 27.0 Å². The average Bonchev–Trinajstić information content (AvgIpc) is 3.04. The standard InChI is InChI=1S/C32H28N6O2S.2ClHO4/c1-37-19-17-25(18-20-37)34-23-12-14-27(15-13-23)41(39,40)36-26-10-8-24(9-11-26)35-32-28-5-3-4-6-30(28)38(2)31-21-22(33)7-16-29(31)32;2*2-1(3,4)5/h3-21,36H,1-2H3,(H2,33,35);2*(H,2,3,4,5). The third-order valence-electron chi connectivity index (χ3n) is 7.03. The lowest BCUT2D eigenvalue weighted by atomic mass is 10.1. The van der Waals surface area contributed by atoms with E-state index >= 15 is 0 Å². The predicted molar refractivity (Wildman–Crippen MR) is 165 cm³/mol. The van der Waals surface area contributed by atoms with Crippen molar-refractivity contribution in [2.75, 3.05) is 21.1 Å². The number of fused-ring (bicyclic) bond motifs is 2. The van der Waals surface area contributed by atoms with Crippen LogP contribution in [0.1, 0.15) is 0 Å². The number of hydrogen-bond donors (Lipinski definition) is 4. The fourth-order valence-corrected chi connectivity index (χ4v) is 5.93. The van der Waals surface area contributed by atoms with E-state index in [1.165, 1.54) is 0 Å². The molecule has 0 unspecified atom stereocenters. The number of nitrogens with two attached hydrogens (primary N) is 1. The summed E-state index contributed by atoms with van der Waals surface area (Å²) in [5.41, 5.74) is 12.8. The Balaban J connectivity index is 0.000000516. The second-order valence-corrected chi connectivity index (χ2v) is 13.9. The van der Waals surface area contributed by atoms with E-state index in [0.717, 1.165) is 44.6 Å². The zero-order valence-corrected chi connectivity index (χ0v) is 29.0. The zero-order chi connectivity index (χ0) is 37.6. The van der Waals surface area contributed by atoms with Gasteiger partial charge in [0, 0.05) is 47.0 Å². The Morgan fingerprint density at radius 2 is 1.06 bits per heavy atom. The van der Waals surface area contributed by atoms with Crippen LogP contribution in [0.2, 0.25) is 0 Å². The molecule has 16 nitrogen and oxygen atoms in total. The van der Waals surface area contributed by atoms with Crippen LogP contribution >= 0.6 is 0 Å². The van der Waals surface area contributed by atoms with Gasteiger partial charge in [-0.25, -0.2) is 50.3 Å². The summed E-state index contributed by atoms with van der Waals surface area (Å²) in [6, 6.07) is 31.8. The van der Waals surface area contributed by atoms with E-state index < -0.39 is 30.5 Å². The molecule has 5 N–H and O–H groups in total. The first-order valence-electron chi connectivity index (χ1n) is 14.3. The van der Waals surface area contributed by atoms with Crippen LogP contribution in [-0.2, 0) is 24.1 Å². The van der Waals surface area contributed by atoms with Crippen molar-refractivity contribution in [1.82, 2.24) is 0 Å². The predicted octanol–water partition coefficient (Wildman–Crippen LogP) is -4.00. The van der Waals surface area contributed by atoms with Gasteiger partial charge < -0.3 is 16.4 Å². The number of sulfonamides is 1. The van der Waals surface area contributed by atoms with Gasteiger partial charge in [-0.3, -0.25) is 4.72 Å². The number of para-hydroxylation sites is 1. The zero-order valence-electron chi connectivity index (χ0n) is 26.7. The fourth-order valence-electron chi connectivity index (χ4n) is 4.87. The summed E-state index contributed by atoms with van der Waals surface area (Å²) in [7, 11) is -9.67. The molecule has 0 spiro atoms. The molecule has 0 amide bonds. The van der Waals surface area contributed by atoms with Gasteiger partial charge in [-0.05, 0) is 66.7 Å². The topological polar surface area (TPSA) is 288 Å². The maximum absolute atomic E-state index is 13.1. The summed E-state index contributed by atoms with van der Waals surface area (Å²) in [6.07, 6.45) is 3.87. The van der Waals surface area contributed by atoms with Crippen molar-refractivity contribution >= 4 is 66.0 Å². The Morgan fingerprint density at radius 1 is 0.588 bits per heavy atom. The van der Waals surface area contributed by atoms with Crippen molar-refractivity contribution in [3.05, 3.63) is 116 Å². The summed E-state index contributed by atoms with van der Waals surface area (Å²) in [6.45, 7) is 0. The van der Waals surface area contributed by atoms with Gasteiger partial charge in [-0.15, -0.1) is 20.5 Å². The molecule has 0 saturated heterocycles. The van der Waals surface area contributed by atoms with E-state index in [2.05, 4.69) is 32.1 Å². The largest absolute Gasteiger partial charge is 0.399 e. The van der Waals surface area contributed by atoms with Crippen LogP contribution in [0, 0.1) is 20.5 Å². The molecule has 0 aliphatic carbocycles. The maximum Gasteiger partial charge on any atom is 0.261 e. The molecule has 0 radical (unpaired) electrons. The highest BCUT2D eigenvalue weighted by Crippen LogP contribution is 2.33. The minimum Gasteiger partial charge on any atom is -0.399 e. The molecule has 6 aromatic rings. The summed E-state index contributed by atoms with van der Waals surface area (Å²) < 4.78 is 101. The van der Waals surface area contributed by atoms with Crippen LogP contribution in [0.25, 0.3) is 21.8 Å². The third kappa shape index (κ3) is 11.9. The Labute approximate surface area is 296 Å². The van der Waals surface area contributed by atoms with Crippen molar-refractivity contribution in [1.29, 1.82) is 0 Å². The van der Waals surface area contributed by atoms with E-state index in [1.54, 1.807) is 36.4 Å². The molecule has 0 saturated carbocycles. The molecule has 0 fully saturated rings. The average molecular weight is 762 g/mol. The molecule has 268 valence electrons. The molecule has 51 heavy (non-hydrogen) atoms.